The van der Waals surface area contributed by atoms with Crippen molar-refractivity contribution in [3.8, 4) is 11.5 Å². The Morgan fingerprint density at radius 2 is 2.00 bits per heavy atom. The molecule has 3 heteroatoms. The average Bonchev–Trinajstić information content (AvgIpc) is 2.31. The van der Waals surface area contributed by atoms with Crippen LogP contribution in [0.15, 0.2) is 12.1 Å². The molecule has 0 unspecified atom stereocenters. The zero-order valence-corrected chi connectivity index (χ0v) is 11.0. The van der Waals surface area contributed by atoms with Gasteiger partial charge in [0.05, 0.1) is 7.11 Å². The number of ether oxygens (including phenoxy) is 1. The van der Waals surface area contributed by atoms with E-state index in [4.69, 9.17) is 10.5 Å². The number of aromatic hydroxyl groups is 1. The van der Waals surface area contributed by atoms with Crippen LogP contribution in [-0.2, 0) is 6.42 Å². The summed E-state index contributed by atoms with van der Waals surface area (Å²) >= 11 is 0. The Labute approximate surface area is 104 Å². The van der Waals surface area contributed by atoms with E-state index in [0.717, 1.165) is 24.8 Å². The third-order valence-electron chi connectivity index (χ3n) is 3.00. The number of unbranched alkanes of at least 4 members (excludes halogenated alkanes) is 1. The Hall–Kier alpha value is -1.22. The molecule has 0 spiro atoms. The molecule has 3 N–H and O–H groups in total. The highest BCUT2D eigenvalue weighted by Gasteiger charge is 2.14. The van der Waals surface area contributed by atoms with Gasteiger partial charge in [-0.05, 0) is 43.4 Å². The summed E-state index contributed by atoms with van der Waals surface area (Å²) < 4.78 is 5.15. The van der Waals surface area contributed by atoms with Crippen LogP contribution in [0.5, 0.6) is 11.5 Å². The molecule has 17 heavy (non-hydrogen) atoms. The van der Waals surface area contributed by atoms with Gasteiger partial charge in [0.2, 0.25) is 0 Å². The summed E-state index contributed by atoms with van der Waals surface area (Å²) in [5, 5.41) is 10.2. The molecule has 96 valence electrons. The smallest absolute Gasteiger partial charge is 0.161 e. The van der Waals surface area contributed by atoms with Crippen molar-refractivity contribution >= 4 is 0 Å². The first-order chi connectivity index (χ1) is 8.11. The number of rotatable bonds is 6. The molecule has 0 saturated heterocycles. The first-order valence-electron chi connectivity index (χ1n) is 6.20. The molecule has 0 aliphatic carbocycles. The van der Waals surface area contributed by atoms with Crippen molar-refractivity contribution in [1.29, 1.82) is 0 Å². The van der Waals surface area contributed by atoms with Crippen LogP contribution in [0.1, 0.15) is 43.7 Å². The maximum absolute atomic E-state index is 10.2. The molecule has 1 aromatic carbocycles. The zero-order valence-electron chi connectivity index (χ0n) is 11.0. The molecule has 1 aromatic rings. The lowest BCUT2D eigenvalue weighted by Crippen LogP contribution is -2.02. The molecule has 3 nitrogen and oxygen atoms in total. The number of hydrogen-bond acceptors (Lipinski definition) is 3. The van der Waals surface area contributed by atoms with Gasteiger partial charge in [-0.1, -0.05) is 19.9 Å². The van der Waals surface area contributed by atoms with E-state index in [1.807, 2.05) is 12.1 Å². The highest BCUT2D eigenvalue weighted by Crippen LogP contribution is 2.36. The first kappa shape index (κ1) is 13.8. The predicted octanol–water partition coefficient (Wildman–Crippen LogP) is 2.81. The van der Waals surface area contributed by atoms with Crippen LogP contribution in [0, 0.1) is 0 Å². The van der Waals surface area contributed by atoms with Gasteiger partial charge in [-0.2, -0.15) is 0 Å². The van der Waals surface area contributed by atoms with Crippen LogP contribution in [0.25, 0.3) is 0 Å². The number of methoxy groups -OCH3 is 1. The third-order valence-corrected chi connectivity index (χ3v) is 3.00. The lowest BCUT2D eigenvalue weighted by molar-refractivity contribution is 0.369. The standard InChI is InChI=1S/C14H23NO2/c1-10(2)11-7-8-13(17-3)14(16)12(11)6-4-5-9-15/h7-8,10,16H,4-6,9,15H2,1-3H3. The van der Waals surface area contributed by atoms with Gasteiger partial charge >= 0.3 is 0 Å². The van der Waals surface area contributed by atoms with Crippen molar-refractivity contribution in [2.24, 2.45) is 5.73 Å². The number of phenols is 1. The summed E-state index contributed by atoms with van der Waals surface area (Å²) in [5.74, 6) is 1.24. The van der Waals surface area contributed by atoms with Gasteiger partial charge in [0.15, 0.2) is 11.5 Å². The van der Waals surface area contributed by atoms with Crippen molar-refractivity contribution in [2.75, 3.05) is 13.7 Å². The minimum atomic E-state index is 0.288. The minimum absolute atomic E-state index is 0.288. The van der Waals surface area contributed by atoms with E-state index in [-0.39, 0.29) is 5.75 Å². The van der Waals surface area contributed by atoms with Gasteiger partial charge in [0, 0.05) is 5.56 Å². The molecule has 0 aromatic heterocycles. The maximum atomic E-state index is 10.2. The van der Waals surface area contributed by atoms with E-state index in [1.54, 1.807) is 7.11 Å². The van der Waals surface area contributed by atoms with Gasteiger partial charge in [-0.3, -0.25) is 0 Å². The van der Waals surface area contributed by atoms with Crippen LogP contribution in [0.2, 0.25) is 0 Å². The molecule has 0 aliphatic rings. The average molecular weight is 237 g/mol. The van der Waals surface area contributed by atoms with E-state index in [1.165, 1.54) is 5.56 Å². The van der Waals surface area contributed by atoms with Gasteiger partial charge in [-0.15, -0.1) is 0 Å². The summed E-state index contributed by atoms with van der Waals surface area (Å²) in [7, 11) is 1.58. The highest BCUT2D eigenvalue weighted by atomic mass is 16.5. The molecular weight excluding hydrogens is 214 g/mol. The second kappa shape index (κ2) is 6.50. The minimum Gasteiger partial charge on any atom is -0.504 e. The quantitative estimate of drug-likeness (QED) is 0.748. The molecule has 0 heterocycles. The third kappa shape index (κ3) is 3.37. The molecule has 0 fully saturated rings. The highest BCUT2D eigenvalue weighted by molar-refractivity contribution is 5.50. The lowest BCUT2D eigenvalue weighted by Gasteiger charge is -2.16. The summed E-state index contributed by atoms with van der Waals surface area (Å²) in [4.78, 5) is 0. The van der Waals surface area contributed by atoms with Gasteiger partial charge in [-0.25, -0.2) is 0 Å². The molecule has 0 saturated carbocycles. The van der Waals surface area contributed by atoms with E-state index in [2.05, 4.69) is 13.8 Å². The SMILES string of the molecule is COc1ccc(C(C)C)c(CCCCN)c1O. The van der Waals surface area contributed by atoms with Crippen molar-refractivity contribution in [3.63, 3.8) is 0 Å². The molecule has 1 rings (SSSR count). The second-order valence-electron chi connectivity index (χ2n) is 4.58. The van der Waals surface area contributed by atoms with Crippen molar-refractivity contribution in [2.45, 2.75) is 39.0 Å². The van der Waals surface area contributed by atoms with Crippen molar-refractivity contribution in [1.82, 2.24) is 0 Å². The van der Waals surface area contributed by atoms with Crippen LogP contribution in [0.4, 0.5) is 0 Å². The number of nitrogens with two attached hydrogens (primary N) is 1. The normalized spacial score (nSPS) is 10.9. The summed E-state index contributed by atoms with van der Waals surface area (Å²) in [6.45, 7) is 4.96. The van der Waals surface area contributed by atoms with Gasteiger partial charge < -0.3 is 15.6 Å². The molecular formula is C14H23NO2. The zero-order chi connectivity index (χ0) is 12.8. The molecule has 0 bridgehead atoms. The topological polar surface area (TPSA) is 55.5 Å². The monoisotopic (exact) mass is 237 g/mol. The van der Waals surface area contributed by atoms with Crippen LogP contribution >= 0.6 is 0 Å². The molecule has 0 amide bonds. The summed E-state index contributed by atoms with van der Waals surface area (Å²) in [6.07, 6.45) is 2.83. The van der Waals surface area contributed by atoms with Crippen molar-refractivity contribution in [3.05, 3.63) is 23.3 Å². The van der Waals surface area contributed by atoms with E-state index in [9.17, 15) is 5.11 Å². The number of phenolic OH excluding ortho intramolecular Hbond substituents is 1. The fourth-order valence-electron chi connectivity index (χ4n) is 2.04. The van der Waals surface area contributed by atoms with E-state index in [0.29, 0.717) is 18.2 Å². The Balaban J connectivity index is 3.02. The molecule has 0 aliphatic heterocycles. The first-order valence-corrected chi connectivity index (χ1v) is 6.20. The fourth-order valence-corrected chi connectivity index (χ4v) is 2.04. The fraction of sp³-hybridized carbons (Fsp3) is 0.571. The molecule has 0 atom stereocenters. The van der Waals surface area contributed by atoms with Gasteiger partial charge in [0.25, 0.3) is 0 Å². The second-order valence-corrected chi connectivity index (χ2v) is 4.58. The maximum Gasteiger partial charge on any atom is 0.161 e. The Morgan fingerprint density at radius 3 is 2.53 bits per heavy atom. The summed E-state index contributed by atoms with van der Waals surface area (Å²) in [6, 6.07) is 3.87. The predicted molar refractivity (Wildman–Crippen MR) is 70.7 cm³/mol. The van der Waals surface area contributed by atoms with Gasteiger partial charge in [0.1, 0.15) is 0 Å². The summed E-state index contributed by atoms with van der Waals surface area (Å²) in [5.41, 5.74) is 7.70. The Bertz CT molecular complexity index is 361. The lowest BCUT2D eigenvalue weighted by atomic mass is 9.93. The van der Waals surface area contributed by atoms with Crippen LogP contribution in [0.3, 0.4) is 0 Å². The van der Waals surface area contributed by atoms with Crippen LogP contribution in [-0.4, -0.2) is 18.8 Å². The van der Waals surface area contributed by atoms with E-state index < -0.39 is 0 Å². The van der Waals surface area contributed by atoms with E-state index >= 15 is 0 Å². The Kier molecular flexibility index (Phi) is 5.29. The van der Waals surface area contributed by atoms with Crippen molar-refractivity contribution < 1.29 is 9.84 Å². The van der Waals surface area contributed by atoms with Crippen LogP contribution < -0.4 is 10.5 Å². The number of benzene rings is 1. The Morgan fingerprint density at radius 1 is 1.29 bits per heavy atom. The molecule has 0 radical (unpaired) electrons. The number of hydrogen-bond donors (Lipinski definition) is 2. The largest absolute Gasteiger partial charge is 0.504 e.